The molecule has 0 aliphatic rings. The minimum atomic E-state index is 0.530. The van der Waals surface area contributed by atoms with E-state index in [1.54, 1.807) is 23.6 Å². The smallest absolute Gasteiger partial charge is 0.209 e. The topological polar surface area (TPSA) is 78.7 Å². The SMILES string of the molecule is COc1cc(C[NH2+]CCSc2nnnn2C)ccc1OCc1ccccc1C. The van der Waals surface area contributed by atoms with E-state index < -0.39 is 0 Å². The van der Waals surface area contributed by atoms with Gasteiger partial charge in [0.15, 0.2) is 11.5 Å². The van der Waals surface area contributed by atoms with Crippen molar-refractivity contribution in [2.24, 2.45) is 7.05 Å². The van der Waals surface area contributed by atoms with Gasteiger partial charge in [-0.15, -0.1) is 5.10 Å². The van der Waals surface area contributed by atoms with E-state index in [1.807, 2.05) is 31.3 Å². The lowest BCUT2D eigenvalue weighted by molar-refractivity contribution is -0.666. The zero-order chi connectivity index (χ0) is 19.8. The second-order valence-electron chi connectivity index (χ2n) is 6.42. The summed E-state index contributed by atoms with van der Waals surface area (Å²) in [5.41, 5.74) is 3.60. The summed E-state index contributed by atoms with van der Waals surface area (Å²) in [7, 11) is 3.52. The highest BCUT2D eigenvalue weighted by Crippen LogP contribution is 2.29. The second kappa shape index (κ2) is 10.1. The van der Waals surface area contributed by atoms with E-state index in [9.17, 15) is 0 Å². The number of aromatic nitrogens is 4. The molecular formula is C20H26N5O2S+. The van der Waals surface area contributed by atoms with E-state index >= 15 is 0 Å². The van der Waals surface area contributed by atoms with Gasteiger partial charge >= 0.3 is 0 Å². The Morgan fingerprint density at radius 1 is 1.14 bits per heavy atom. The number of aryl methyl sites for hydroxylation is 2. The Morgan fingerprint density at radius 2 is 2.00 bits per heavy atom. The number of benzene rings is 2. The van der Waals surface area contributed by atoms with Crippen LogP contribution in [0.2, 0.25) is 0 Å². The number of tetrazole rings is 1. The molecule has 0 aliphatic heterocycles. The Labute approximate surface area is 169 Å². The molecule has 3 rings (SSSR count). The zero-order valence-corrected chi connectivity index (χ0v) is 17.3. The minimum Gasteiger partial charge on any atom is -0.493 e. The van der Waals surface area contributed by atoms with Crippen LogP contribution in [0, 0.1) is 6.92 Å². The molecular weight excluding hydrogens is 374 g/mol. The Morgan fingerprint density at radius 3 is 2.75 bits per heavy atom. The standard InChI is InChI=1S/C20H25N5O2S/c1-15-6-4-5-7-17(15)14-27-18-9-8-16(12-19(18)26-3)13-21-10-11-28-20-22-23-24-25(20)2/h4-9,12,21H,10-11,13-14H2,1-3H3/p+1. The first kappa shape index (κ1) is 20.2. The fourth-order valence-electron chi connectivity index (χ4n) is 2.73. The average molecular weight is 401 g/mol. The molecule has 0 fully saturated rings. The first-order valence-corrected chi connectivity index (χ1v) is 10.2. The summed E-state index contributed by atoms with van der Waals surface area (Å²) in [5.74, 6) is 2.47. The fraction of sp³-hybridized carbons (Fsp3) is 0.350. The van der Waals surface area contributed by atoms with Gasteiger partial charge in [-0.2, -0.15) is 0 Å². The van der Waals surface area contributed by atoms with Crippen LogP contribution in [0.5, 0.6) is 11.5 Å². The zero-order valence-electron chi connectivity index (χ0n) is 16.5. The molecule has 7 nitrogen and oxygen atoms in total. The van der Waals surface area contributed by atoms with Gasteiger partial charge in [0, 0.05) is 12.6 Å². The van der Waals surface area contributed by atoms with Crippen LogP contribution in [0.1, 0.15) is 16.7 Å². The lowest BCUT2D eigenvalue weighted by atomic mass is 10.1. The van der Waals surface area contributed by atoms with Crippen molar-refractivity contribution < 1.29 is 14.8 Å². The third-order valence-corrected chi connectivity index (χ3v) is 5.43. The third kappa shape index (κ3) is 5.46. The molecule has 0 atom stereocenters. The number of rotatable bonds is 10. The summed E-state index contributed by atoms with van der Waals surface area (Å²) in [4.78, 5) is 0. The Balaban J connectivity index is 1.48. The predicted octanol–water partition coefficient (Wildman–Crippen LogP) is 1.96. The average Bonchev–Trinajstić information content (AvgIpc) is 3.12. The van der Waals surface area contributed by atoms with Gasteiger partial charge in [0.1, 0.15) is 13.2 Å². The molecule has 0 saturated heterocycles. The number of nitrogens with two attached hydrogens (primary N) is 1. The molecule has 0 radical (unpaired) electrons. The molecule has 0 unspecified atom stereocenters. The molecule has 148 valence electrons. The maximum absolute atomic E-state index is 5.99. The van der Waals surface area contributed by atoms with Crippen molar-refractivity contribution >= 4 is 11.8 Å². The molecule has 1 heterocycles. The van der Waals surface area contributed by atoms with Gasteiger partial charge in [-0.25, -0.2) is 4.68 Å². The van der Waals surface area contributed by atoms with Crippen LogP contribution in [0.15, 0.2) is 47.6 Å². The van der Waals surface area contributed by atoms with E-state index in [1.165, 1.54) is 16.7 Å². The van der Waals surface area contributed by atoms with Crippen LogP contribution in [-0.4, -0.2) is 39.6 Å². The van der Waals surface area contributed by atoms with Crippen LogP contribution < -0.4 is 14.8 Å². The molecule has 3 aromatic rings. The van der Waals surface area contributed by atoms with E-state index in [-0.39, 0.29) is 0 Å². The van der Waals surface area contributed by atoms with Gasteiger partial charge < -0.3 is 14.8 Å². The molecule has 0 spiro atoms. The van der Waals surface area contributed by atoms with Crippen LogP contribution in [0.4, 0.5) is 0 Å². The van der Waals surface area contributed by atoms with Crippen LogP contribution in [-0.2, 0) is 20.2 Å². The Kier molecular flexibility index (Phi) is 7.27. The van der Waals surface area contributed by atoms with Crippen LogP contribution in [0.25, 0.3) is 0 Å². The van der Waals surface area contributed by atoms with Gasteiger partial charge in [-0.3, -0.25) is 0 Å². The maximum Gasteiger partial charge on any atom is 0.209 e. The maximum atomic E-state index is 5.99. The van der Waals surface area contributed by atoms with Crippen molar-refractivity contribution in [3.8, 4) is 11.5 Å². The van der Waals surface area contributed by atoms with Crippen molar-refractivity contribution in [1.82, 2.24) is 20.2 Å². The molecule has 2 N–H and O–H groups in total. The normalized spacial score (nSPS) is 10.8. The molecule has 0 amide bonds. The Bertz CT molecular complexity index is 900. The molecule has 0 aliphatic carbocycles. The van der Waals surface area contributed by atoms with Crippen molar-refractivity contribution in [2.75, 3.05) is 19.4 Å². The largest absolute Gasteiger partial charge is 0.493 e. The Hall–Kier alpha value is -2.58. The summed E-state index contributed by atoms with van der Waals surface area (Å²) in [6.07, 6.45) is 0. The van der Waals surface area contributed by atoms with Gasteiger partial charge in [0.2, 0.25) is 5.16 Å². The minimum absolute atomic E-state index is 0.530. The summed E-state index contributed by atoms with van der Waals surface area (Å²) < 4.78 is 13.2. The van der Waals surface area contributed by atoms with Crippen LogP contribution in [0.3, 0.4) is 0 Å². The van der Waals surface area contributed by atoms with E-state index in [0.29, 0.717) is 6.61 Å². The summed E-state index contributed by atoms with van der Waals surface area (Å²) >= 11 is 1.66. The second-order valence-corrected chi connectivity index (χ2v) is 7.48. The molecule has 2 aromatic carbocycles. The van der Waals surface area contributed by atoms with E-state index in [0.717, 1.165) is 35.5 Å². The quantitative estimate of drug-likeness (QED) is 0.414. The molecule has 0 saturated carbocycles. The third-order valence-electron chi connectivity index (χ3n) is 4.39. The summed E-state index contributed by atoms with van der Waals surface area (Å²) in [5, 5.41) is 14.5. The summed E-state index contributed by atoms with van der Waals surface area (Å²) in [6.45, 7) is 4.48. The highest BCUT2D eigenvalue weighted by Gasteiger charge is 2.08. The molecule has 8 heteroatoms. The van der Waals surface area contributed by atoms with Crippen molar-refractivity contribution in [3.05, 3.63) is 59.2 Å². The highest BCUT2D eigenvalue weighted by molar-refractivity contribution is 7.99. The van der Waals surface area contributed by atoms with E-state index in [4.69, 9.17) is 9.47 Å². The molecule has 1 aromatic heterocycles. The lowest BCUT2D eigenvalue weighted by Crippen LogP contribution is -2.83. The lowest BCUT2D eigenvalue weighted by Gasteiger charge is -2.13. The van der Waals surface area contributed by atoms with Gasteiger partial charge in [0.05, 0.1) is 19.4 Å². The first-order chi connectivity index (χ1) is 13.7. The fourth-order valence-corrected chi connectivity index (χ4v) is 3.52. The predicted molar refractivity (Wildman–Crippen MR) is 109 cm³/mol. The van der Waals surface area contributed by atoms with Crippen molar-refractivity contribution in [1.29, 1.82) is 0 Å². The van der Waals surface area contributed by atoms with Gasteiger partial charge in [-0.1, -0.05) is 36.0 Å². The first-order valence-electron chi connectivity index (χ1n) is 9.18. The number of thioether (sulfide) groups is 1. The summed E-state index contributed by atoms with van der Waals surface area (Å²) in [6, 6.07) is 14.4. The van der Waals surface area contributed by atoms with Crippen LogP contribution >= 0.6 is 11.8 Å². The molecule has 28 heavy (non-hydrogen) atoms. The monoisotopic (exact) mass is 400 g/mol. The van der Waals surface area contributed by atoms with Crippen molar-refractivity contribution in [3.63, 3.8) is 0 Å². The number of nitrogens with zero attached hydrogens (tertiary/aromatic N) is 4. The number of hydrogen-bond acceptors (Lipinski definition) is 6. The number of quaternary nitrogens is 1. The molecule has 0 bridgehead atoms. The number of methoxy groups -OCH3 is 1. The van der Waals surface area contributed by atoms with Gasteiger partial charge in [0.25, 0.3) is 0 Å². The van der Waals surface area contributed by atoms with E-state index in [2.05, 4.69) is 46.0 Å². The number of hydrogen-bond donors (Lipinski definition) is 1. The number of ether oxygens (including phenoxy) is 2. The highest BCUT2D eigenvalue weighted by atomic mass is 32.2. The van der Waals surface area contributed by atoms with Gasteiger partial charge in [-0.05, 0) is 46.7 Å². The van der Waals surface area contributed by atoms with Crippen molar-refractivity contribution in [2.45, 2.75) is 25.2 Å².